The molecule has 4 nitrogen and oxygen atoms in total. The highest BCUT2D eigenvalue weighted by atomic mass is 32.2. The van der Waals surface area contributed by atoms with Gasteiger partial charge in [-0.25, -0.2) is 0 Å². The molecule has 0 saturated carbocycles. The first-order valence-electron chi connectivity index (χ1n) is 7.40. The second-order valence-electron chi connectivity index (χ2n) is 5.14. The predicted molar refractivity (Wildman–Crippen MR) is 94.4 cm³/mol. The highest BCUT2D eigenvalue weighted by Gasteiger charge is 2.17. The van der Waals surface area contributed by atoms with Gasteiger partial charge in [0.15, 0.2) is 0 Å². The molecular formula is C18H17N3OS. The van der Waals surface area contributed by atoms with Crippen molar-refractivity contribution in [1.82, 2.24) is 15.5 Å². The standard InChI is InChI=1S/C18H17N3OS/c1-12(17(22)19-2)23-18-15-11-7-6-10-14(15)16(20-21-18)13-8-4-3-5-9-13/h3-12H,1-2H3,(H,19,22). The van der Waals surface area contributed by atoms with Crippen molar-refractivity contribution in [1.29, 1.82) is 0 Å². The molecule has 0 aliphatic heterocycles. The summed E-state index contributed by atoms with van der Waals surface area (Å²) < 4.78 is 0. The topological polar surface area (TPSA) is 54.9 Å². The Hall–Kier alpha value is -2.40. The largest absolute Gasteiger partial charge is 0.358 e. The number of rotatable bonds is 4. The molecule has 116 valence electrons. The molecule has 5 heteroatoms. The van der Waals surface area contributed by atoms with Gasteiger partial charge in [0.1, 0.15) is 10.7 Å². The summed E-state index contributed by atoms with van der Waals surface area (Å²) in [6.45, 7) is 1.87. The summed E-state index contributed by atoms with van der Waals surface area (Å²) in [5.41, 5.74) is 1.89. The third-order valence-corrected chi connectivity index (χ3v) is 4.70. The van der Waals surface area contributed by atoms with Crippen LogP contribution in [0.1, 0.15) is 6.92 Å². The van der Waals surface area contributed by atoms with E-state index in [4.69, 9.17) is 0 Å². The lowest BCUT2D eigenvalue weighted by Crippen LogP contribution is -2.27. The molecule has 0 fully saturated rings. The normalized spacial score (nSPS) is 12.1. The van der Waals surface area contributed by atoms with E-state index < -0.39 is 0 Å². The van der Waals surface area contributed by atoms with Gasteiger partial charge in [0.05, 0.1) is 5.25 Å². The average molecular weight is 323 g/mol. The summed E-state index contributed by atoms with van der Waals surface area (Å²) in [4.78, 5) is 11.8. The van der Waals surface area contributed by atoms with Gasteiger partial charge in [-0.1, -0.05) is 66.4 Å². The smallest absolute Gasteiger partial charge is 0.233 e. The molecule has 1 atom stereocenters. The Morgan fingerprint density at radius 3 is 2.35 bits per heavy atom. The number of carbonyl (C=O) groups excluding carboxylic acids is 1. The molecule has 0 aliphatic rings. The first kappa shape index (κ1) is 15.5. The lowest BCUT2D eigenvalue weighted by molar-refractivity contribution is -0.119. The fraction of sp³-hybridized carbons (Fsp3) is 0.167. The molecule has 3 rings (SSSR count). The molecule has 1 aromatic heterocycles. The van der Waals surface area contributed by atoms with Gasteiger partial charge in [0, 0.05) is 23.4 Å². The van der Waals surface area contributed by atoms with Crippen LogP contribution in [0.2, 0.25) is 0 Å². The van der Waals surface area contributed by atoms with Gasteiger partial charge in [0.2, 0.25) is 5.91 Å². The maximum Gasteiger partial charge on any atom is 0.233 e. The second kappa shape index (κ2) is 6.79. The van der Waals surface area contributed by atoms with E-state index in [9.17, 15) is 4.79 Å². The highest BCUT2D eigenvalue weighted by Crippen LogP contribution is 2.33. The first-order chi connectivity index (χ1) is 11.2. The van der Waals surface area contributed by atoms with Crippen molar-refractivity contribution >= 4 is 28.4 Å². The Labute approximate surface area is 139 Å². The van der Waals surface area contributed by atoms with E-state index in [0.29, 0.717) is 0 Å². The molecule has 1 heterocycles. The molecular weight excluding hydrogens is 306 g/mol. The van der Waals surface area contributed by atoms with Crippen LogP contribution in [0.4, 0.5) is 0 Å². The molecule has 0 radical (unpaired) electrons. The van der Waals surface area contributed by atoms with Gasteiger partial charge < -0.3 is 5.32 Å². The molecule has 3 aromatic rings. The summed E-state index contributed by atoms with van der Waals surface area (Å²) in [6, 6.07) is 18.0. The van der Waals surface area contributed by atoms with Crippen LogP contribution < -0.4 is 5.32 Å². The summed E-state index contributed by atoms with van der Waals surface area (Å²) in [7, 11) is 1.64. The predicted octanol–water partition coefficient (Wildman–Crippen LogP) is 3.52. The second-order valence-corrected chi connectivity index (χ2v) is 6.47. The summed E-state index contributed by atoms with van der Waals surface area (Å²) in [6.07, 6.45) is 0. The zero-order valence-corrected chi connectivity index (χ0v) is 13.8. The minimum absolute atomic E-state index is 0.0204. The van der Waals surface area contributed by atoms with Crippen molar-refractivity contribution in [2.75, 3.05) is 7.05 Å². The van der Waals surface area contributed by atoms with Crippen LogP contribution >= 0.6 is 11.8 Å². The molecule has 2 aromatic carbocycles. The SMILES string of the molecule is CNC(=O)C(C)Sc1nnc(-c2ccccc2)c2ccccc12. The van der Waals surface area contributed by atoms with Gasteiger partial charge >= 0.3 is 0 Å². The fourth-order valence-corrected chi connectivity index (χ4v) is 3.35. The van der Waals surface area contributed by atoms with E-state index in [0.717, 1.165) is 27.1 Å². The Bertz CT molecular complexity index is 836. The number of benzene rings is 2. The number of thioether (sulfide) groups is 1. The Kier molecular flexibility index (Phi) is 4.57. The molecule has 0 aliphatic carbocycles. The van der Waals surface area contributed by atoms with Crippen LogP contribution in [0.5, 0.6) is 0 Å². The van der Waals surface area contributed by atoms with Crippen LogP contribution in [0.15, 0.2) is 59.6 Å². The third-order valence-electron chi connectivity index (χ3n) is 3.60. The zero-order chi connectivity index (χ0) is 16.2. The number of amides is 1. The third kappa shape index (κ3) is 3.19. The molecule has 1 N–H and O–H groups in total. The van der Waals surface area contributed by atoms with E-state index in [1.165, 1.54) is 11.8 Å². The number of carbonyl (C=O) groups is 1. The monoisotopic (exact) mass is 323 g/mol. The van der Waals surface area contributed by atoms with Crippen molar-refractivity contribution in [2.24, 2.45) is 0 Å². The van der Waals surface area contributed by atoms with Crippen LogP contribution in [0.3, 0.4) is 0 Å². The molecule has 0 bridgehead atoms. The van der Waals surface area contributed by atoms with Crippen molar-refractivity contribution in [3.8, 4) is 11.3 Å². The first-order valence-corrected chi connectivity index (χ1v) is 8.27. The number of fused-ring (bicyclic) bond motifs is 1. The molecule has 0 spiro atoms. The van der Waals surface area contributed by atoms with Crippen LogP contribution in [0.25, 0.3) is 22.0 Å². The quantitative estimate of drug-likeness (QED) is 0.746. The van der Waals surface area contributed by atoms with E-state index in [-0.39, 0.29) is 11.2 Å². The van der Waals surface area contributed by atoms with E-state index >= 15 is 0 Å². The van der Waals surface area contributed by atoms with Gasteiger partial charge in [-0.15, -0.1) is 10.2 Å². The minimum atomic E-state index is -0.222. The maximum absolute atomic E-state index is 11.8. The Balaban J connectivity index is 2.08. The van der Waals surface area contributed by atoms with E-state index in [2.05, 4.69) is 15.5 Å². The molecule has 1 unspecified atom stereocenters. The Morgan fingerprint density at radius 1 is 1.00 bits per heavy atom. The number of hydrogen-bond donors (Lipinski definition) is 1. The van der Waals surface area contributed by atoms with E-state index in [1.807, 2.05) is 61.5 Å². The van der Waals surface area contributed by atoms with E-state index in [1.54, 1.807) is 7.05 Å². The lowest BCUT2D eigenvalue weighted by atomic mass is 10.1. The van der Waals surface area contributed by atoms with Gasteiger partial charge in [-0.05, 0) is 6.92 Å². The minimum Gasteiger partial charge on any atom is -0.358 e. The number of aromatic nitrogens is 2. The molecule has 0 saturated heterocycles. The van der Waals surface area contributed by atoms with Crippen LogP contribution in [-0.2, 0) is 4.79 Å². The van der Waals surface area contributed by atoms with Crippen LogP contribution in [0, 0.1) is 0 Å². The summed E-state index contributed by atoms with van der Waals surface area (Å²) >= 11 is 1.42. The Morgan fingerprint density at radius 2 is 1.65 bits per heavy atom. The highest BCUT2D eigenvalue weighted by molar-refractivity contribution is 8.00. The van der Waals surface area contributed by atoms with Crippen molar-refractivity contribution in [3.63, 3.8) is 0 Å². The van der Waals surface area contributed by atoms with Crippen molar-refractivity contribution < 1.29 is 4.79 Å². The number of hydrogen-bond acceptors (Lipinski definition) is 4. The molecule has 23 heavy (non-hydrogen) atoms. The summed E-state index contributed by atoms with van der Waals surface area (Å²) in [5.74, 6) is -0.0204. The van der Waals surface area contributed by atoms with Crippen molar-refractivity contribution in [3.05, 3.63) is 54.6 Å². The number of nitrogens with zero attached hydrogens (tertiary/aromatic N) is 2. The van der Waals surface area contributed by atoms with Crippen LogP contribution in [-0.4, -0.2) is 28.4 Å². The van der Waals surface area contributed by atoms with Gasteiger partial charge in [0.25, 0.3) is 0 Å². The lowest BCUT2D eigenvalue weighted by Gasteiger charge is -2.12. The summed E-state index contributed by atoms with van der Waals surface area (Å²) in [5, 5.41) is 14.1. The average Bonchev–Trinajstić information content (AvgIpc) is 2.62. The zero-order valence-electron chi connectivity index (χ0n) is 13.0. The van der Waals surface area contributed by atoms with Crippen molar-refractivity contribution in [2.45, 2.75) is 17.2 Å². The van der Waals surface area contributed by atoms with Gasteiger partial charge in [-0.3, -0.25) is 4.79 Å². The molecule has 1 amide bonds. The maximum atomic E-state index is 11.8. The number of nitrogens with one attached hydrogen (secondary N) is 1. The fourth-order valence-electron chi connectivity index (χ4n) is 2.40. The van der Waals surface area contributed by atoms with Gasteiger partial charge in [-0.2, -0.15) is 0 Å².